The van der Waals surface area contributed by atoms with Crippen LogP contribution in [0.2, 0.25) is 0 Å². The lowest BCUT2D eigenvalue weighted by Crippen LogP contribution is -2.39. The van der Waals surface area contributed by atoms with Crippen LogP contribution >= 0.6 is 0 Å². The van der Waals surface area contributed by atoms with Crippen molar-refractivity contribution in [3.05, 3.63) is 0 Å². The second-order valence-corrected chi connectivity index (χ2v) is 3.42. The highest BCUT2D eigenvalue weighted by molar-refractivity contribution is 5.86. The van der Waals surface area contributed by atoms with Crippen LogP contribution in [0.15, 0.2) is 0 Å². The fraction of sp³-hybridized carbons (Fsp3) is 0.750. The van der Waals surface area contributed by atoms with E-state index in [0.29, 0.717) is 12.8 Å². The largest absolute Gasteiger partial charge is 0.480 e. The van der Waals surface area contributed by atoms with E-state index in [4.69, 9.17) is 5.11 Å². The Morgan fingerprint density at radius 2 is 2.17 bits per heavy atom. The average molecular weight is 169 g/mol. The maximum absolute atomic E-state index is 11.2. The highest BCUT2D eigenvalue weighted by atomic mass is 16.4. The molecule has 66 valence electrons. The summed E-state index contributed by atoms with van der Waals surface area (Å²) in [6.45, 7) is 0. The molecule has 2 aliphatic heterocycles. The summed E-state index contributed by atoms with van der Waals surface area (Å²) in [6, 6.07) is -0.316. The zero-order valence-corrected chi connectivity index (χ0v) is 6.69. The van der Waals surface area contributed by atoms with E-state index in [1.54, 1.807) is 4.90 Å². The van der Waals surface area contributed by atoms with Crippen molar-refractivity contribution in [1.29, 1.82) is 0 Å². The molecule has 0 saturated carbocycles. The Kier molecular flexibility index (Phi) is 1.56. The van der Waals surface area contributed by atoms with Gasteiger partial charge in [0.15, 0.2) is 0 Å². The van der Waals surface area contributed by atoms with E-state index >= 15 is 0 Å². The first-order valence-electron chi connectivity index (χ1n) is 4.24. The van der Waals surface area contributed by atoms with Crippen molar-refractivity contribution in [1.82, 2.24) is 4.90 Å². The van der Waals surface area contributed by atoms with Crippen molar-refractivity contribution in [2.24, 2.45) is 0 Å². The zero-order chi connectivity index (χ0) is 8.72. The lowest BCUT2D eigenvalue weighted by molar-refractivity contribution is -0.147. The van der Waals surface area contributed by atoms with E-state index < -0.39 is 12.0 Å². The number of aliphatic carboxylic acids is 1. The Hall–Kier alpha value is -1.06. The standard InChI is InChI=1S/C8H11NO3/c10-7-4-2-5-1-3-6(8(11)12)9(5)7/h5-6H,1-4H2,(H,11,12)/t5-,6-/m1/s1. The van der Waals surface area contributed by atoms with E-state index in [-0.39, 0.29) is 11.9 Å². The molecular formula is C8H11NO3. The summed E-state index contributed by atoms with van der Waals surface area (Å²) in [5.41, 5.74) is 0. The Morgan fingerprint density at radius 1 is 1.42 bits per heavy atom. The molecule has 4 heteroatoms. The Balaban J connectivity index is 2.19. The third-order valence-corrected chi connectivity index (χ3v) is 2.77. The van der Waals surface area contributed by atoms with Gasteiger partial charge in [0.25, 0.3) is 0 Å². The molecule has 2 aliphatic rings. The van der Waals surface area contributed by atoms with Crippen molar-refractivity contribution < 1.29 is 14.7 Å². The Bertz CT molecular complexity index is 238. The van der Waals surface area contributed by atoms with Gasteiger partial charge >= 0.3 is 5.97 Å². The molecule has 2 atom stereocenters. The van der Waals surface area contributed by atoms with Crippen LogP contribution in [-0.2, 0) is 9.59 Å². The smallest absolute Gasteiger partial charge is 0.326 e. The van der Waals surface area contributed by atoms with Gasteiger partial charge in [-0.05, 0) is 19.3 Å². The number of rotatable bonds is 1. The fourth-order valence-electron chi connectivity index (χ4n) is 2.21. The minimum atomic E-state index is -0.854. The van der Waals surface area contributed by atoms with Crippen molar-refractivity contribution in [2.45, 2.75) is 37.8 Å². The van der Waals surface area contributed by atoms with Crippen molar-refractivity contribution >= 4 is 11.9 Å². The highest BCUT2D eigenvalue weighted by Crippen LogP contribution is 2.33. The van der Waals surface area contributed by atoms with Crippen LogP contribution in [0.1, 0.15) is 25.7 Å². The van der Waals surface area contributed by atoms with Gasteiger partial charge in [-0.3, -0.25) is 4.79 Å². The molecule has 0 aromatic carbocycles. The molecule has 0 bridgehead atoms. The number of hydrogen-bond acceptors (Lipinski definition) is 2. The summed E-state index contributed by atoms with van der Waals surface area (Å²) < 4.78 is 0. The maximum atomic E-state index is 11.2. The number of amides is 1. The van der Waals surface area contributed by atoms with E-state index in [2.05, 4.69) is 0 Å². The molecule has 0 aliphatic carbocycles. The van der Waals surface area contributed by atoms with E-state index in [1.807, 2.05) is 0 Å². The molecule has 0 unspecified atom stereocenters. The van der Waals surface area contributed by atoms with Gasteiger partial charge < -0.3 is 10.0 Å². The number of fused-ring (bicyclic) bond motifs is 1. The third-order valence-electron chi connectivity index (χ3n) is 2.77. The molecule has 0 aromatic rings. The van der Waals surface area contributed by atoms with Gasteiger partial charge in [0.1, 0.15) is 6.04 Å². The molecule has 4 nitrogen and oxygen atoms in total. The van der Waals surface area contributed by atoms with Crippen molar-refractivity contribution in [2.75, 3.05) is 0 Å². The lowest BCUT2D eigenvalue weighted by Gasteiger charge is -2.20. The monoisotopic (exact) mass is 169 g/mol. The minimum absolute atomic E-state index is 0.0184. The third kappa shape index (κ3) is 0.906. The number of carbonyl (C=O) groups is 2. The van der Waals surface area contributed by atoms with Gasteiger partial charge in [0, 0.05) is 12.5 Å². The molecule has 1 amide bonds. The summed E-state index contributed by atoms with van der Waals surface area (Å²) in [4.78, 5) is 23.5. The van der Waals surface area contributed by atoms with E-state index in [0.717, 1.165) is 12.8 Å². The number of carboxylic acids is 1. The number of carbonyl (C=O) groups excluding carboxylic acids is 1. The zero-order valence-electron chi connectivity index (χ0n) is 6.69. The van der Waals surface area contributed by atoms with Gasteiger partial charge in [0.2, 0.25) is 5.91 Å². The second kappa shape index (κ2) is 2.47. The first-order chi connectivity index (χ1) is 5.70. The van der Waals surface area contributed by atoms with E-state index in [9.17, 15) is 9.59 Å². The summed E-state index contributed by atoms with van der Waals surface area (Å²) in [6.07, 6.45) is 2.88. The molecular weight excluding hydrogens is 158 g/mol. The minimum Gasteiger partial charge on any atom is -0.480 e. The highest BCUT2D eigenvalue weighted by Gasteiger charge is 2.44. The lowest BCUT2D eigenvalue weighted by atomic mass is 10.1. The topological polar surface area (TPSA) is 57.6 Å². The van der Waals surface area contributed by atoms with Gasteiger partial charge in [-0.15, -0.1) is 0 Å². The Labute approximate surface area is 70.2 Å². The molecule has 0 spiro atoms. The molecule has 2 rings (SSSR count). The molecule has 0 radical (unpaired) electrons. The molecule has 1 N–H and O–H groups in total. The average Bonchev–Trinajstić information content (AvgIpc) is 2.53. The first kappa shape index (κ1) is 7.58. The van der Waals surface area contributed by atoms with Gasteiger partial charge in [-0.25, -0.2) is 4.79 Å². The van der Waals surface area contributed by atoms with E-state index in [1.165, 1.54) is 0 Å². The molecule has 12 heavy (non-hydrogen) atoms. The first-order valence-corrected chi connectivity index (χ1v) is 4.24. The number of hydrogen-bond donors (Lipinski definition) is 1. The van der Waals surface area contributed by atoms with Crippen LogP contribution in [0.25, 0.3) is 0 Å². The van der Waals surface area contributed by atoms with Crippen LogP contribution in [0.5, 0.6) is 0 Å². The van der Waals surface area contributed by atoms with Crippen LogP contribution in [0.4, 0.5) is 0 Å². The van der Waals surface area contributed by atoms with Gasteiger partial charge in [0.05, 0.1) is 0 Å². The van der Waals surface area contributed by atoms with Crippen LogP contribution in [0.3, 0.4) is 0 Å². The quantitative estimate of drug-likeness (QED) is 0.611. The number of nitrogens with zero attached hydrogens (tertiary/aromatic N) is 1. The SMILES string of the molecule is O=C(O)[C@H]1CC[C@@H]2CCC(=O)N21. The number of carboxylic acid groups (broad SMARTS) is 1. The molecule has 2 saturated heterocycles. The normalized spacial score (nSPS) is 34.0. The predicted molar refractivity (Wildman–Crippen MR) is 40.5 cm³/mol. The van der Waals surface area contributed by atoms with Crippen LogP contribution in [0, 0.1) is 0 Å². The van der Waals surface area contributed by atoms with Crippen LogP contribution < -0.4 is 0 Å². The Morgan fingerprint density at radius 3 is 2.83 bits per heavy atom. The maximum Gasteiger partial charge on any atom is 0.326 e. The fourth-order valence-corrected chi connectivity index (χ4v) is 2.21. The predicted octanol–water partition coefficient (Wildman–Crippen LogP) is 0.224. The van der Waals surface area contributed by atoms with Gasteiger partial charge in [-0.1, -0.05) is 0 Å². The molecule has 0 aromatic heterocycles. The van der Waals surface area contributed by atoms with Crippen LogP contribution in [-0.4, -0.2) is 34.0 Å². The summed E-state index contributed by atoms with van der Waals surface area (Å²) >= 11 is 0. The second-order valence-electron chi connectivity index (χ2n) is 3.42. The molecule has 2 fully saturated rings. The van der Waals surface area contributed by atoms with Crippen molar-refractivity contribution in [3.8, 4) is 0 Å². The summed E-state index contributed by atoms with van der Waals surface area (Å²) in [5, 5.41) is 8.78. The van der Waals surface area contributed by atoms with Gasteiger partial charge in [-0.2, -0.15) is 0 Å². The molecule has 2 heterocycles. The van der Waals surface area contributed by atoms with Crippen molar-refractivity contribution in [3.63, 3.8) is 0 Å². The summed E-state index contributed by atoms with van der Waals surface area (Å²) in [5.74, 6) is -0.836. The summed E-state index contributed by atoms with van der Waals surface area (Å²) in [7, 11) is 0.